The van der Waals surface area contributed by atoms with Crippen molar-refractivity contribution in [3.05, 3.63) is 69.7 Å². The number of halogens is 2. The van der Waals surface area contributed by atoms with Crippen molar-refractivity contribution in [2.75, 3.05) is 21.2 Å². The molecule has 0 bridgehead atoms. The number of aliphatic hydroxyl groups excluding tert-OH is 1. The molecule has 0 aromatic heterocycles. The second-order valence-corrected chi connectivity index (χ2v) is 9.35. The lowest BCUT2D eigenvalue weighted by Gasteiger charge is -2.36. The van der Waals surface area contributed by atoms with Crippen LogP contribution in [0.4, 0.5) is 0 Å². The molecule has 0 radical (unpaired) electrons. The third-order valence-corrected chi connectivity index (χ3v) is 7.54. The summed E-state index contributed by atoms with van der Waals surface area (Å²) in [5, 5.41) is 14.7. The number of carbonyl (C=O) groups is 2. The second kappa shape index (κ2) is 14.7. The van der Waals surface area contributed by atoms with Crippen LogP contribution in [0.25, 0.3) is 0 Å². The minimum Gasteiger partial charge on any atom is -0.412 e. The molecular formula is C27H38Cl2N2O4. The van der Waals surface area contributed by atoms with E-state index in [1.165, 1.54) is 0 Å². The summed E-state index contributed by atoms with van der Waals surface area (Å²) in [5.74, 6) is 0.517. The topological polar surface area (TPSA) is 110 Å². The standard InChI is InChI=1S/2C13H16ClNO.CH4O.H2O/c2*1-15-13(9-5-4-8-12(13)16)10-6-2-3-7-11(10)14;1-2;/h2*2-3,6-7,15H,4-5,8-9H2,1H3;2H,1H3;1H2/t13-;;;/m1.../s1. The highest BCUT2D eigenvalue weighted by molar-refractivity contribution is 6.32. The Kier molecular flexibility index (Phi) is 13.1. The molecule has 0 aliphatic heterocycles. The summed E-state index contributed by atoms with van der Waals surface area (Å²) in [4.78, 5) is 24.4. The van der Waals surface area contributed by atoms with Gasteiger partial charge >= 0.3 is 0 Å². The van der Waals surface area contributed by atoms with Crippen LogP contribution in [0.3, 0.4) is 0 Å². The smallest absolute Gasteiger partial charge is 0.157 e. The van der Waals surface area contributed by atoms with Gasteiger partial charge in [0, 0.05) is 30.0 Å². The molecule has 2 aromatic rings. The average Bonchev–Trinajstić information content (AvgIpc) is 2.88. The van der Waals surface area contributed by atoms with E-state index in [1.54, 1.807) is 0 Å². The SMILES string of the molecule is CNC1(c2ccccc2Cl)CCCCC1=O.CN[C@@]1(c2ccccc2Cl)CCCCC1=O.CO.O. The van der Waals surface area contributed by atoms with Gasteiger partial charge in [-0.2, -0.15) is 0 Å². The molecule has 35 heavy (non-hydrogen) atoms. The summed E-state index contributed by atoms with van der Waals surface area (Å²) >= 11 is 12.4. The minimum atomic E-state index is -0.559. The van der Waals surface area contributed by atoms with Gasteiger partial charge < -0.3 is 21.2 Å². The van der Waals surface area contributed by atoms with Crippen LogP contribution in [0.2, 0.25) is 10.0 Å². The Morgan fingerprint density at radius 1 is 0.686 bits per heavy atom. The maximum Gasteiger partial charge on any atom is 0.157 e. The first kappa shape index (κ1) is 31.2. The highest BCUT2D eigenvalue weighted by Gasteiger charge is 2.42. The molecule has 194 valence electrons. The van der Waals surface area contributed by atoms with Crippen LogP contribution in [-0.4, -0.2) is 43.4 Å². The van der Waals surface area contributed by atoms with E-state index in [9.17, 15) is 9.59 Å². The normalized spacial score (nSPS) is 23.7. The number of Topliss-reactive ketones (excluding diaryl/α,β-unsaturated/α-hetero) is 2. The van der Waals surface area contributed by atoms with Crippen LogP contribution in [0, 0.1) is 0 Å². The summed E-state index contributed by atoms with van der Waals surface area (Å²) < 4.78 is 0. The van der Waals surface area contributed by atoms with Crippen LogP contribution < -0.4 is 10.6 Å². The number of likely N-dealkylation sites (N-methyl/N-ethyl adjacent to an activating group) is 2. The van der Waals surface area contributed by atoms with Crippen molar-refractivity contribution in [2.45, 2.75) is 62.4 Å². The van der Waals surface area contributed by atoms with Gasteiger partial charge in [-0.05, 0) is 63.0 Å². The zero-order valence-electron chi connectivity index (χ0n) is 20.8. The molecule has 8 heteroatoms. The van der Waals surface area contributed by atoms with Crippen molar-refractivity contribution in [1.29, 1.82) is 0 Å². The Morgan fingerprint density at radius 2 is 1.03 bits per heavy atom. The molecule has 0 heterocycles. The number of ketones is 2. The third-order valence-electron chi connectivity index (χ3n) is 6.88. The largest absolute Gasteiger partial charge is 0.412 e. The highest BCUT2D eigenvalue weighted by atomic mass is 35.5. The first-order chi connectivity index (χ1) is 16.4. The van der Waals surface area contributed by atoms with E-state index in [1.807, 2.05) is 62.6 Å². The number of rotatable bonds is 4. The molecule has 2 aliphatic rings. The molecule has 0 spiro atoms. The Bertz CT molecular complexity index is 894. The molecule has 2 fully saturated rings. The fourth-order valence-corrected chi connectivity index (χ4v) is 5.63. The average molecular weight is 526 g/mol. The summed E-state index contributed by atoms with van der Waals surface area (Å²) in [5.41, 5.74) is 0.723. The van der Waals surface area contributed by atoms with Gasteiger partial charge in [-0.15, -0.1) is 0 Å². The summed E-state index contributed by atoms with van der Waals surface area (Å²) in [6.45, 7) is 0. The van der Waals surface area contributed by atoms with Crippen molar-refractivity contribution in [3.63, 3.8) is 0 Å². The van der Waals surface area contributed by atoms with Crippen molar-refractivity contribution in [1.82, 2.24) is 10.6 Å². The Balaban J connectivity index is 0.000000318. The van der Waals surface area contributed by atoms with Crippen molar-refractivity contribution >= 4 is 34.8 Å². The van der Waals surface area contributed by atoms with Gasteiger partial charge in [0.05, 0.1) is 0 Å². The lowest BCUT2D eigenvalue weighted by atomic mass is 9.75. The van der Waals surface area contributed by atoms with E-state index in [0.29, 0.717) is 22.9 Å². The molecule has 2 atom stereocenters. The summed E-state index contributed by atoms with van der Waals surface area (Å²) in [6, 6.07) is 15.2. The maximum atomic E-state index is 12.2. The van der Waals surface area contributed by atoms with Gasteiger partial charge in [-0.1, -0.05) is 72.4 Å². The zero-order chi connectivity index (χ0) is 25.2. The predicted molar refractivity (Wildman–Crippen MR) is 143 cm³/mol. The molecule has 5 N–H and O–H groups in total. The van der Waals surface area contributed by atoms with E-state index in [4.69, 9.17) is 28.3 Å². The van der Waals surface area contributed by atoms with Gasteiger partial charge in [0.25, 0.3) is 0 Å². The van der Waals surface area contributed by atoms with Crippen LogP contribution in [0.1, 0.15) is 62.5 Å². The molecule has 0 amide bonds. The molecule has 2 saturated carbocycles. The number of hydrogen-bond acceptors (Lipinski definition) is 5. The first-order valence-corrected chi connectivity index (χ1v) is 12.6. The quantitative estimate of drug-likeness (QED) is 0.542. The third kappa shape index (κ3) is 6.70. The Morgan fingerprint density at radius 3 is 1.31 bits per heavy atom. The molecule has 1 unspecified atom stereocenters. The Hall–Kier alpha value is -1.80. The molecule has 2 aliphatic carbocycles. The zero-order valence-corrected chi connectivity index (χ0v) is 22.3. The van der Waals surface area contributed by atoms with E-state index in [-0.39, 0.29) is 17.0 Å². The van der Waals surface area contributed by atoms with Gasteiger partial charge in [-0.3, -0.25) is 9.59 Å². The van der Waals surface area contributed by atoms with E-state index in [0.717, 1.165) is 56.8 Å². The van der Waals surface area contributed by atoms with Gasteiger partial charge in [-0.25, -0.2) is 0 Å². The number of carbonyl (C=O) groups excluding carboxylic acids is 2. The maximum absolute atomic E-state index is 12.2. The van der Waals surface area contributed by atoms with Crippen molar-refractivity contribution in [2.24, 2.45) is 0 Å². The Labute approximate surface area is 218 Å². The molecule has 4 rings (SSSR count). The molecule has 2 aromatic carbocycles. The highest BCUT2D eigenvalue weighted by Crippen LogP contribution is 2.38. The second-order valence-electron chi connectivity index (χ2n) is 8.53. The lowest BCUT2D eigenvalue weighted by Crippen LogP contribution is -2.49. The van der Waals surface area contributed by atoms with Gasteiger partial charge in [0.1, 0.15) is 11.1 Å². The molecular weight excluding hydrogens is 487 g/mol. The summed E-state index contributed by atoms with van der Waals surface area (Å²) in [6.07, 6.45) is 7.09. The van der Waals surface area contributed by atoms with Crippen LogP contribution in [0.5, 0.6) is 0 Å². The van der Waals surface area contributed by atoms with Crippen molar-refractivity contribution < 1.29 is 20.2 Å². The van der Waals surface area contributed by atoms with Crippen molar-refractivity contribution in [3.8, 4) is 0 Å². The number of benzene rings is 2. The minimum absolute atomic E-state index is 0. The van der Waals surface area contributed by atoms with Crippen LogP contribution in [0.15, 0.2) is 48.5 Å². The van der Waals surface area contributed by atoms with Gasteiger partial charge in [0.2, 0.25) is 0 Å². The fraction of sp³-hybridized carbons (Fsp3) is 0.481. The fourth-order valence-electron chi connectivity index (χ4n) is 5.04. The monoisotopic (exact) mass is 524 g/mol. The number of nitrogens with one attached hydrogen (secondary N) is 2. The lowest BCUT2D eigenvalue weighted by molar-refractivity contribution is -0.128. The molecule has 6 nitrogen and oxygen atoms in total. The summed E-state index contributed by atoms with van der Waals surface area (Å²) in [7, 11) is 4.68. The number of hydrogen-bond donors (Lipinski definition) is 3. The van der Waals surface area contributed by atoms with Crippen LogP contribution in [-0.2, 0) is 20.7 Å². The van der Waals surface area contributed by atoms with Gasteiger partial charge in [0.15, 0.2) is 11.6 Å². The predicted octanol–water partition coefficient (Wildman–Crippen LogP) is 4.58. The molecule has 0 saturated heterocycles. The number of aliphatic hydroxyl groups is 1. The van der Waals surface area contributed by atoms with E-state index < -0.39 is 11.1 Å². The van der Waals surface area contributed by atoms with Crippen LogP contribution >= 0.6 is 23.2 Å². The van der Waals surface area contributed by atoms with E-state index >= 15 is 0 Å². The first-order valence-electron chi connectivity index (χ1n) is 11.8. The van der Waals surface area contributed by atoms with E-state index in [2.05, 4.69) is 10.6 Å².